The van der Waals surface area contributed by atoms with E-state index in [1.165, 1.54) is 4.90 Å². The fraction of sp³-hybridized carbons (Fsp3) is 0.400. The molecule has 0 aromatic carbocycles. The first-order chi connectivity index (χ1) is 7.58. The number of nitrogens with zero attached hydrogens (tertiary/aromatic N) is 2. The van der Waals surface area contributed by atoms with Gasteiger partial charge in [-0.3, -0.25) is 4.79 Å². The first-order valence-corrected chi connectivity index (χ1v) is 4.96. The molecule has 1 atom stereocenters. The molecule has 16 heavy (non-hydrogen) atoms. The van der Waals surface area contributed by atoms with Gasteiger partial charge < -0.3 is 15.7 Å². The van der Waals surface area contributed by atoms with Crippen molar-refractivity contribution in [3.05, 3.63) is 23.6 Å². The lowest BCUT2D eigenvalue weighted by Gasteiger charge is -2.16. The van der Waals surface area contributed by atoms with Crippen LogP contribution < -0.4 is 5.73 Å². The number of hydrogen-bond donors (Lipinski definition) is 2. The highest BCUT2D eigenvalue weighted by Crippen LogP contribution is 2.17. The van der Waals surface area contributed by atoms with E-state index < -0.39 is 11.9 Å². The predicted molar refractivity (Wildman–Crippen MR) is 55.1 cm³/mol. The van der Waals surface area contributed by atoms with Crippen molar-refractivity contribution < 1.29 is 14.3 Å². The predicted octanol–water partition coefficient (Wildman–Crippen LogP) is 0.00970. The van der Waals surface area contributed by atoms with Crippen molar-refractivity contribution in [2.45, 2.75) is 12.5 Å². The zero-order chi connectivity index (χ0) is 11.7. The van der Waals surface area contributed by atoms with Gasteiger partial charge in [0.1, 0.15) is 11.6 Å². The molecule has 3 N–H and O–H groups in total. The summed E-state index contributed by atoms with van der Waals surface area (Å²) in [5.41, 5.74) is 5.55. The lowest BCUT2D eigenvalue weighted by atomic mass is 10.2. The van der Waals surface area contributed by atoms with Crippen molar-refractivity contribution in [2.24, 2.45) is 0 Å². The maximum Gasteiger partial charge on any atom is 0.257 e. The van der Waals surface area contributed by atoms with Crippen LogP contribution >= 0.6 is 0 Å². The van der Waals surface area contributed by atoms with Crippen LogP contribution in [0.15, 0.2) is 12.3 Å². The molecule has 1 fully saturated rings. The Balaban J connectivity index is 2.23. The number of hydrogen-bond acceptors (Lipinski definition) is 4. The summed E-state index contributed by atoms with van der Waals surface area (Å²) in [6.07, 6.45) is 0.992. The number of β-amino-alcohol motifs (C(OH)–C–C–N with tert-alkyl or cyclic N) is 1. The van der Waals surface area contributed by atoms with Crippen LogP contribution in [-0.2, 0) is 0 Å². The molecule has 0 radical (unpaired) electrons. The number of nitrogens with two attached hydrogens (primary N) is 1. The average Bonchev–Trinajstić information content (AvgIpc) is 2.67. The van der Waals surface area contributed by atoms with Crippen LogP contribution in [0.1, 0.15) is 16.8 Å². The number of nitrogen functional groups attached to an aromatic ring is 1. The van der Waals surface area contributed by atoms with E-state index >= 15 is 0 Å². The molecule has 1 unspecified atom stereocenters. The molecular weight excluding hydrogens is 213 g/mol. The summed E-state index contributed by atoms with van der Waals surface area (Å²) in [6, 6.07) is 1.06. The number of aliphatic hydroxyl groups excluding tert-OH is 1. The number of carbonyl (C=O) groups is 1. The fourth-order valence-electron chi connectivity index (χ4n) is 1.72. The lowest BCUT2D eigenvalue weighted by molar-refractivity contribution is 0.0765. The highest BCUT2D eigenvalue weighted by atomic mass is 19.1. The SMILES string of the molecule is Nc1ncc(F)cc1C(=O)N1CCC(O)C1. The second kappa shape index (κ2) is 4.05. The number of halogens is 1. The van der Waals surface area contributed by atoms with E-state index in [1.807, 2.05) is 0 Å². The van der Waals surface area contributed by atoms with Gasteiger partial charge in [-0.15, -0.1) is 0 Å². The van der Waals surface area contributed by atoms with Gasteiger partial charge in [-0.25, -0.2) is 9.37 Å². The van der Waals surface area contributed by atoms with E-state index in [4.69, 9.17) is 5.73 Å². The highest BCUT2D eigenvalue weighted by Gasteiger charge is 2.27. The molecule has 0 aliphatic carbocycles. The van der Waals surface area contributed by atoms with Crippen molar-refractivity contribution in [3.63, 3.8) is 0 Å². The molecule has 6 heteroatoms. The van der Waals surface area contributed by atoms with Gasteiger partial charge in [-0.2, -0.15) is 0 Å². The summed E-state index contributed by atoms with van der Waals surface area (Å²) in [5, 5.41) is 9.30. The summed E-state index contributed by atoms with van der Waals surface area (Å²) in [6.45, 7) is 0.713. The molecule has 1 aliphatic rings. The van der Waals surface area contributed by atoms with Crippen LogP contribution in [0.4, 0.5) is 10.2 Å². The Labute approximate surface area is 91.7 Å². The standard InChI is InChI=1S/C10H12FN3O2/c11-6-3-8(9(12)13-4-6)10(16)14-2-1-7(15)5-14/h3-4,7,15H,1-2,5H2,(H2,12,13). The Kier molecular flexibility index (Phi) is 2.74. The van der Waals surface area contributed by atoms with Gasteiger partial charge in [0, 0.05) is 13.1 Å². The van der Waals surface area contributed by atoms with Crippen LogP contribution in [0.25, 0.3) is 0 Å². The van der Waals surface area contributed by atoms with Gasteiger partial charge in [-0.1, -0.05) is 0 Å². The van der Waals surface area contributed by atoms with E-state index in [0.29, 0.717) is 13.0 Å². The average molecular weight is 225 g/mol. The lowest BCUT2D eigenvalue weighted by Crippen LogP contribution is -2.30. The Morgan fingerprint density at radius 3 is 3.06 bits per heavy atom. The van der Waals surface area contributed by atoms with Crippen LogP contribution in [0.3, 0.4) is 0 Å². The Hall–Kier alpha value is -1.69. The summed E-state index contributed by atoms with van der Waals surface area (Å²) >= 11 is 0. The summed E-state index contributed by atoms with van der Waals surface area (Å²) < 4.78 is 12.9. The van der Waals surface area contributed by atoms with E-state index in [9.17, 15) is 14.3 Å². The Morgan fingerprint density at radius 2 is 2.44 bits per heavy atom. The maximum atomic E-state index is 12.9. The molecule has 86 valence electrons. The molecule has 0 spiro atoms. The number of pyridine rings is 1. The van der Waals surface area contributed by atoms with Crippen LogP contribution in [0.5, 0.6) is 0 Å². The second-order valence-corrected chi connectivity index (χ2v) is 3.78. The largest absolute Gasteiger partial charge is 0.391 e. The molecule has 2 heterocycles. The first-order valence-electron chi connectivity index (χ1n) is 4.96. The van der Waals surface area contributed by atoms with Gasteiger partial charge in [0.2, 0.25) is 0 Å². The molecule has 1 saturated heterocycles. The van der Waals surface area contributed by atoms with Gasteiger partial charge in [0.15, 0.2) is 0 Å². The molecule has 2 rings (SSSR count). The monoisotopic (exact) mass is 225 g/mol. The molecular formula is C10H12FN3O2. The van der Waals surface area contributed by atoms with Crippen LogP contribution in [-0.4, -0.2) is 40.1 Å². The van der Waals surface area contributed by atoms with Gasteiger partial charge >= 0.3 is 0 Å². The highest BCUT2D eigenvalue weighted by molar-refractivity contribution is 5.98. The minimum absolute atomic E-state index is 0.00721. The summed E-state index contributed by atoms with van der Waals surface area (Å²) in [5.74, 6) is -0.980. The van der Waals surface area contributed by atoms with Gasteiger partial charge in [0.05, 0.1) is 17.9 Å². The smallest absolute Gasteiger partial charge is 0.257 e. The number of aliphatic hydroxyl groups is 1. The number of anilines is 1. The first kappa shape index (κ1) is 10.8. The topological polar surface area (TPSA) is 79.5 Å². The zero-order valence-corrected chi connectivity index (χ0v) is 8.56. The van der Waals surface area contributed by atoms with E-state index in [2.05, 4.69) is 4.98 Å². The normalized spacial score (nSPS) is 20.1. The minimum Gasteiger partial charge on any atom is -0.391 e. The third-order valence-electron chi connectivity index (χ3n) is 2.57. The van der Waals surface area contributed by atoms with Gasteiger partial charge in [-0.05, 0) is 12.5 Å². The molecule has 0 bridgehead atoms. The quantitative estimate of drug-likeness (QED) is 0.705. The third-order valence-corrected chi connectivity index (χ3v) is 2.57. The van der Waals surface area contributed by atoms with Crippen molar-refractivity contribution in [1.29, 1.82) is 0 Å². The van der Waals surface area contributed by atoms with Crippen molar-refractivity contribution in [1.82, 2.24) is 9.88 Å². The summed E-state index contributed by atoms with van der Waals surface area (Å²) in [7, 11) is 0. The molecule has 1 aromatic rings. The molecule has 1 amide bonds. The molecule has 5 nitrogen and oxygen atoms in total. The van der Waals surface area contributed by atoms with E-state index in [1.54, 1.807) is 0 Å². The minimum atomic E-state index is -0.600. The Morgan fingerprint density at radius 1 is 1.69 bits per heavy atom. The third kappa shape index (κ3) is 1.96. The van der Waals surface area contributed by atoms with Crippen molar-refractivity contribution in [3.8, 4) is 0 Å². The molecule has 1 aliphatic heterocycles. The van der Waals surface area contributed by atoms with Crippen molar-refractivity contribution in [2.75, 3.05) is 18.8 Å². The number of likely N-dealkylation sites (tertiary alicyclic amines) is 1. The Bertz CT molecular complexity index is 425. The van der Waals surface area contributed by atoms with Crippen molar-refractivity contribution >= 4 is 11.7 Å². The molecule has 0 saturated carbocycles. The number of amides is 1. The zero-order valence-electron chi connectivity index (χ0n) is 8.56. The summed E-state index contributed by atoms with van der Waals surface area (Å²) in [4.78, 5) is 16.9. The van der Waals surface area contributed by atoms with Crippen LogP contribution in [0.2, 0.25) is 0 Å². The number of aromatic nitrogens is 1. The van der Waals surface area contributed by atoms with Gasteiger partial charge in [0.25, 0.3) is 5.91 Å². The second-order valence-electron chi connectivity index (χ2n) is 3.78. The molecule has 1 aromatic heterocycles. The number of carbonyl (C=O) groups excluding carboxylic acids is 1. The maximum absolute atomic E-state index is 12.9. The van der Waals surface area contributed by atoms with E-state index in [-0.39, 0.29) is 23.8 Å². The number of rotatable bonds is 1. The fourth-order valence-corrected chi connectivity index (χ4v) is 1.72. The van der Waals surface area contributed by atoms with Crippen LogP contribution in [0, 0.1) is 5.82 Å². The van der Waals surface area contributed by atoms with E-state index in [0.717, 1.165) is 12.3 Å².